The molecule has 0 unspecified atom stereocenters. The van der Waals surface area contributed by atoms with E-state index in [4.69, 9.17) is 16.3 Å². The SMILES string of the molecule is COc1ccc(NC2=C(c3ccc(C)cc3)C(=O)N(c3ccc(F)c(Cl)c3)C2=O)cc1. The van der Waals surface area contributed by atoms with E-state index in [1.165, 1.54) is 12.1 Å². The van der Waals surface area contributed by atoms with Gasteiger partial charge in [0.1, 0.15) is 17.3 Å². The fourth-order valence-corrected chi connectivity index (χ4v) is 3.49. The quantitative estimate of drug-likeness (QED) is 0.559. The van der Waals surface area contributed by atoms with Crippen LogP contribution in [0.4, 0.5) is 15.8 Å². The summed E-state index contributed by atoms with van der Waals surface area (Å²) in [5.41, 5.74) is 2.77. The van der Waals surface area contributed by atoms with E-state index in [0.717, 1.165) is 16.5 Å². The van der Waals surface area contributed by atoms with Crippen LogP contribution in [0.15, 0.2) is 72.4 Å². The maximum Gasteiger partial charge on any atom is 0.282 e. The number of amides is 2. The van der Waals surface area contributed by atoms with Crippen LogP contribution >= 0.6 is 11.6 Å². The van der Waals surface area contributed by atoms with Gasteiger partial charge in [0.25, 0.3) is 11.8 Å². The molecule has 0 radical (unpaired) electrons. The van der Waals surface area contributed by atoms with Crippen molar-refractivity contribution in [1.82, 2.24) is 0 Å². The molecule has 1 aliphatic rings. The van der Waals surface area contributed by atoms with E-state index >= 15 is 0 Å². The molecule has 3 aromatic carbocycles. The number of hydrogen-bond donors (Lipinski definition) is 1. The smallest absolute Gasteiger partial charge is 0.282 e. The molecule has 1 N–H and O–H groups in total. The molecule has 0 saturated heterocycles. The highest BCUT2D eigenvalue weighted by molar-refractivity contribution is 6.46. The first-order chi connectivity index (χ1) is 14.9. The molecular weight excluding hydrogens is 419 g/mol. The Bertz CT molecular complexity index is 1200. The topological polar surface area (TPSA) is 58.6 Å². The predicted octanol–water partition coefficient (Wildman–Crippen LogP) is 5.19. The van der Waals surface area contributed by atoms with E-state index in [-0.39, 0.29) is 22.0 Å². The van der Waals surface area contributed by atoms with E-state index < -0.39 is 17.6 Å². The van der Waals surface area contributed by atoms with Gasteiger partial charge < -0.3 is 10.1 Å². The van der Waals surface area contributed by atoms with Crippen LogP contribution in [0.2, 0.25) is 5.02 Å². The number of carbonyl (C=O) groups is 2. The van der Waals surface area contributed by atoms with Crippen LogP contribution in [0.5, 0.6) is 5.75 Å². The van der Waals surface area contributed by atoms with Gasteiger partial charge in [0.05, 0.1) is 23.4 Å². The summed E-state index contributed by atoms with van der Waals surface area (Å²) in [6.45, 7) is 1.93. The van der Waals surface area contributed by atoms with Crippen molar-refractivity contribution >= 4 is 40.4 Å². The first-order valence-electron chi connectivity index (χ1n) is 9.45. The molecule has 1 heterocycles. The third kappa shape index (κ3) is 3.90. The third-order valence-electron chi connectivity index (χ3n) is 4.94. The molecular formula is C24H18ClFN2O3. The summed E-state index contributed by atoms with van der Waals surface area (Å²) in [6, 6.07) is 18.0. The molecule has 156 valence electrons. The van der Waals surface area contributed by atoms with Gasteiger partial charge in [-0.3, -0.25) is 9.59 Å². The first-order valence-corrected chi connectivity index (χ1v) is 9.83. The number of rotatable bonds is 5. The predicted molar refractivity (Wildman–Crippen MR) is 119 cm³/mol. The first kappa shape index (κ1) is 20.6. The highest BCUT2D eigenvalue weighted by Crippen LogP contribution is 2.35. The highest BCUT2D eigenvalue weighted by atomic mass is 35.5. The van der Waals surface area contributed by atoms with E-state index in [0.29, 0.717) is 17.0 Å². The molecule has 2 amide bonds. The van der Waals surface area contributed by atoms with Crippen molar-refractivity contribution in [2.24, 2.45) is 0 Å². The third-order valence-corrected chi connectivity index (χ3v) is 5.23. The fourth-order valence-electron chi connectivity index (χ4n) is 3.31. The van der Waals surface area contributed by atoms with Gasteiger partial charge in [0.2, 0.25) is 0 Å². The van der Waals surface area contributed by atoms with Crippen LogP contribution in [0.1, 0.15) is 11.1 Å². The number of hydrogen-bond acceptors (Lipinski definition) is 4. The Balaban J connectivity index is 1.80. The normalized spacial score (nSPS) is 13.7. The summed E-state index contributed by atoms with van der Waals surface area (Å²) in [4.78, 5) is 27.7. The Labute approximate surface area is 183 Å². The van der Waals surface area contributed by atoms with Crippen LogP contribution in [0.3, 0.4) is 0 Å². The Kier molecular flexibility index (Phi) is 5.48. The number of benzene rings is 3. The van der Waals surface area contributed by atoms with Crippen LogP contribution in [-0.2, 0) is 9.59 Å². The fraction of sp³-hybridized carbons (Fsp3) is 0.0833. The van der Waals surface area contributed by atoms with Crippen molar-refractivity contribution in [3.05, 3.63) is 94.4 Å². The summed E-state index contributed by atoms with van der Waals surface area (Å²) in [5.74, 6) is -1.05. The van der Waals surface area contributed by atoms with Gasteiger partial charge in [-0.05, 0) is 55.0 Å². The zero-order valence-corrected chi connectivity index (χ0v) is 17.5. The minimum absolute atomic E-state index is 0.125. The van der Waals surface area contributed by atoms with E-state index in [9.17, 15) is 14.0 Å². The number of halogens is 2. The summed E-state index contributed by atoms with van der Waals surface area (Å²) < 4.78 is 18.8. The van der Waals surface area contributed by atoms with Crippen molar-refractivity contribution in [3.8, 4) is 5.75 Å². The summed E-state index contributed by atoms with van der Waals surface area (Å²) in [5, 5.41) is 2.89. The molecule has 0 fully saturated rings. The van der Waals surface area contributed by atoms with Gasteiger partial charge in [0.15, 0.2) is 0 Å². The molecule has 0 aromatic heterocycles. The molecule has 7 heteroatoms. The zero-order valence-electron chi connectivity index (χ0n) is 16.8. The Morgan fingerprint density at radius 2 is 1.61 bits per heavy atom. The number of anilines is 2. The number of carbonyl (C=O) groups excluding carboxylic acids is 2. The number of nitrogens with one attached hydrogen (secondary N) is 1. The Morgan fingerprint density at radius 3 is 2.23 bits per heavy atom. The molecule has 0 aliphatic carbocycles. The van der Waals surface area contributed by atoms with E-state index in [1.807, 2.05) is 19.1 Å². The Hall–Kier alpha value is -3.64. The van der Waals surface area contributed by atoms with Crippen LogP contribution in [0, 0.1) is 12.7 Å². The van der Waals surface area contributed by atoms with Gasteiger partial charge in [-0.15, -0.1) is 0 Å². The lowest BCUT2D eigenvalue weighted by Gasteiger charge is -2.16. The van der Waals surface area contributed by atoms with Gasteiger partial charge >= 0.3 is 0 Å². The molecule has 0 bridgehead atoms. The molecule has 31 heavy (non-hydrogen) atoms. The number of nitrogens with zero attached hydrogens (tertiary/aromatic N) is 1. The zero-order chi connectivity index (χ0) is 22.1. The molecule has 1 aliphatic heterocycles. The average Bonchev–Trinajstić information content (AvgIpc) is 3.01. The lowest BCUT2D eigenvalue weighted by atomic mass is 10.0. The van der Waals surface area contributed by atoms with Crippen LogP contribution in [-0.4, -0.2) is 18.9 Å². The molecule has 0 atom stereocenters. The van der Waals surface area contributed by atoms with E-state index in [2.05, 4.69) is 5.32 Å². The minimum Gasteiger partial charge on any atom is -0.497 e. The van der Waals surface area contributed by atoms with E-state index in [1.54, 1.807) is 43.5 Å². The molecule has 0 spiro atoms. The van der Waals surface area contributed by atoms with Crippen molar-refractivity contribution in [2.75, 3.05) is 17.3 Å². The Morgan fingerprint density at radius 1 is 0.935 bits per heavy atom. The van der Waals surface area contributed by atoms with Crippen molar-refractivity contribution < 1.29 is 18.7 Å². The number of ether oxygens (including phenoxy) is 1. The summed E-state index contributed by atoms with van der Waals surface area (Å²) in [7, 11) is 1.56. The van der Waals surface area contributed by atoms with Crippen LogP contribution in [0.25, 0.3) is 5.57 Å². The number of imide groups is 1. The van der Waals surface area contributed by atoms with Gasteiger partial charge in [-0.25, -0.2) is 9.29 Å². The second-order valence-corrected chi connectivity index (χ2v) is 7.42. The summed E-state index contributed by atoms with van der Waals surface area (Å²) >= 11 is 5.89. The monoisotopic (exact) mass is 436 g/mol. The standard InChI is InChI=1S/C24H18ClFN2O3/c1-14-3-5-15(6-4-14)21-22(27-16-7-10-18(31-2)11-8-16)24(30)28(23(21)29)17-9-12-20(26)19(25)13-17/h3-13,27H,1-2H3. The van der Waals surface area contributed by atoms with Crippen molar-refractivity contribution in [1.29, 1.82) is 0 Å². The highest BCUT2D eigenvalue weighted by Gasteiger charge is 2.40. The number of aryl methyl sites for hydroxylation is 1. The van der Waals surface area contributed by atoms with Crippen molar-refractivity contribution in [2.45, 2.75) is 6.92 Å². The molecule has 3 aromatic rings. The van der Waals surface area contributed by atoms with Gasteiger partial charge in [-0.1, -0.05) is 41.4 Å². The molecule has 5 nitrogen and oxygen atoms in total. The lowest BCUT2D eigenvalue weighted by Crippen LogP contribution is -2.32. The molecule has 4 rings (SSSR count). The van der Waals surface area contributed by atoms with Gasteiger partial charge in [-0.2, -0.15) is 0 Å². The average molecular weight is 437 g/mol. The lowest BCUT2D eigenvalue weighted by molar-refractivity contribution is -0.120. The summed E-state index contributed by atoms with van der Waals surface area (Å²) in [6.07, 6.45) is 0. The van der Waals surface area contributed by atoms with Crippen LogP contribution < -0.4 is 15.0 Å². The second-order valence-electron chi connectivity index (χ2n) is 7.01. The maximum absolute atomic E-state index is 13.6. The minimum atomic E-state index is -0.632. The van der Waals surface area contributed by atoms with Crippen molar-refractivity contribution in [3.63, 3.8) is 0 Å². The van der Waals surface area contributed by atoms with Gasteiger partial charge in [0, 0.05) is 5.69 Å². The number of methoxy groups -OCH3 is 1. The largest absolute Gasteiger partial charge is 0.497 e. The molecule has 0 saturated carbocycles. The maximum atomic E-state index is 13.6. The second kappa shape index (κ2) is 8.24.